The Bertz CT molecular complexity index is 1050. The van der Waals surface area contributed by atoms with Crippen molar-refractivity contribution in [3.63, 3.8) is 0 Å². The van der Waals surface area contributed by atoms with Crippen molar-refractivity contribution in [1.29, 1.82) is 0 Å². The van der Waals surface area contributed by atoms with Gasteiger partial charge in [-0.15, -0.1) is 0 Å². The summed E-state index contributed by atoms with van der Waals surface area (Å²) in [7, 11) is 1.56. The molecule has 0 aliphatic rings. The molecule has 0 saturated heterocycles. The van der Waals surface area contributed by atoms with Crippen LogP contribution in [-0.2, 0) is 9.53 Å². The molecule has 3 aromatic rings. The van der Waals surface area contributed by atoms with Crippen LogP contribution < -0.4 is 14.9 Å². The van der Waals surface area contributed by atoms with Crippen molar-refractivity contribution < 1.29 is 23.4 Å². The number of carbonyl (C=O) groups is 1. The largest absolute Gasteiger partial charge is 0.497 e. The number of hydrogen-bond acceptors (Lipinski definition) is 6. The summed E-state index contributed by atoms with van der Waals surface area (Å²) in [4.78, 5) is 24.9. The topological polar surface area (TPSA) is 75.0 Å². The molecule has 0 N–H and O–H groups in total. The third-order valence-corrected chi connectivity index (χ3v) is 4.10. The lowest BCUT2D eigenvalue weighted by Gasteiger charge is -2.13. The van der Waals surface area contributed by atoms with Gasteiger partial charge in [-0.05, 0) is 56.3 Å². The Kier molecular flexibility index (Phi) is 5.90. The number of benzene rings is 2. The van der Waals surface area contributed by atoms with Crippen LogP contribution in [0.3, 0.4) is 0 Å². The van der Waals surface area contributed by atoms with Gasteiger partial charge in [-0.2, -0.15) is 0 Å². The van der Waals surface area contributed by atoms with Gasteiger partial charge in [-0.3, -0.25) is 4.79 Å². The number of hydrogen-bond donors (Lipinski definition) is 0. The van der Waals surface area contributed by atoms with Gasteiger partial charge in [0, 0.05) is 10.6 Å². The molecule has 0 aliphatic carbocycles. The third-order valence-electron chi connectivity index (χ3n) is 3.86. The van der Waals surface area contributed by atoms with E-state index < -0.39 is 18.0 Å². The van der Waals surface area contributed by atoms with Gasteiger partial charge in [-0.25, -0.2) is 4.79 Å². The average molecular weight is 403 g/mol. The second-order valence-electron chi connectivity index (χ2n) is 6.29. The number of ether oxygens (including phenoxy) is 3. The van der Waals surface area contributed by atoms with Crippen molar-refractivity contribution in [1.82, 2.24) is 0 Å². The molecule has 0 atom stereocenters. The molecule has 146 valence electrons. The molecule has 0 unspecified atom stereocenters. The van der Waals surface area contributed by atoms with Crippen LogP contribution in [0.1, 0.15) is 13.8 Å². The Morgan fingerprint density at radius 2 is 1.86 bits per heavy atom. The number of carbonyl (C=O) groups excluding carboxylic acids is 1. The number of rotatable bonds is 6. The maximum atomic E-state index is 13.0. The first-order valence-electron chi connectivity index (χ1n) is 8.62. The number of esters is 1. The van der Waals surface area contributed by atoms with E-state index in [1.54, 1.807) is 57.4 Å². The Hall–Kier alpha value is -2.99. The summed E-state index contributed by atoms with van der Waals surface area (Å²) in [6.07, 6.45) is -0.288. The van der Waals surface area contributed by atoms with Gasteiger partial charge in [0.15, 0.2) is 12.4 Å². The van der Waals surface area contributed by atoms with Gasteiger partial charge >= 0.3 is 5.97 Å². The SMILES string of the molecule is COc1ccc(-c2oc3ccc(Cl)cc3c(=O)c2OCC(=O)OC(C)C)cc1. The smallest absolute Gasteiger partial charge is 0.344 e. The van der Waals surface area contributed by atoms with Crippen molar-refractivity contribution in [2.75, 3.05) is 13.7 Å². The molecule has 28 heavy (non-hydrogen) atoms. The lowest BCUT2D eigenvalue weighted by Crippen LogP contribution is -2.21. The molecule has 1 aromatic heterocycles. The van der Waals surface area contributed by atoms with Crippen LogP contribution >= 0.6 is 11.6 Å². The summed E-state index contributed by atoms with van der Waals surface area (Å²) in [6, 6.07) is 11.7. The van der Waals surface area contributed by atoms with Crippen LogP contribution in [0.4, 0.5) is 0 Å². The highest BCUT2D eigenvalue weighted by Crippen LogP contribution is 2.32. The van der Waals surface area contributed by atoms with Crippen LogP contribution in [0.2, 0.25) is 5.02 Å². The highest BCUT2D eigenvalue weighted by atomic mass is 35.5. The lowest BCUT2D eigenvalue weighted by molar-refractivity contribution is -0.149. The molecule has 0 bridgehead atoms. The molecule has 0 saturated carbocycles. The molecular weight excluding hydrogens is 384 g/mol. The Morgan fingerprint density at radius 3 is 2.50 bits per heavy atom. The van der Waals surface area contributed by atoms with Gasteiger partial charge in [0.25, 0.3) is 0 Å². The molecule has 3 rings (SSSR count). The molecule has 0 radical (unpaired) electrons. The van der Waals surface area contributed by atoms with Crippen LogP contribution in [0.5, 0.6) is 11.5 Å². The maximum absolute atomic E-state index is 13.0. The van der Waals surface area contributed by atoms with Crippen LogP contribution in [0, 0.1) is 0 Å². The minimum Gasteiger partial charge on any atom is -0.497 e. The normalized spacial score (nSPS) is 10.9. The molecule has 1 heterocycles. The molecule has 7 heteroatoms. The van der Waals surface area contributed by atoms with Gasteiger partial charge in [0.1, 0.15) is 11.3 Å². The Balaban J connectivity index is 2.09. The van der Waals surface area contributed by atoms with Gasteiger partial charge in [0.2, 0.25) is 11.2 Å². The molecule has 6 nitrogen and oxygen atoms in total. The van der Waals surface area contributed by atoms with Crippen molar-refractivity contribution in [3.05, 3.63) is 57.7 Å². The van der Waals surface area contributed by atoms with Crippen molar-refractivity contribution in [2.24, 2.45) is 0 Å². The quantitative estimate of drug-likeness (QED) is 0.567. The minimum atomic E-state index is -0.582. The summed E-state index contributed by atoms with van der Waals surface area (Å²) in [5.74, 6) is 0.198. The fraction of sp³-hybridized carbons (Fsp3) is 0.238. The number of methoxy groups -OCH3 is 1. The summed E-state index contributed by atoms with van der Waals surface area (Å²) in [5, 5.41) is 0.652. The minimum absolute atomic E-state index is 0.0827. The van der Waals surface area contributed by atoms with E-state index in [4.69, 9.17) is 30.2 Å². The van der Waals surface area contributed by atoms with E-state index in [0.717, 1.165) is 0 Å². The second-order valence-corrected chi connectivity index (χ2v) is 6.72. The summed E-state index contributed by atoms with van der Waals surface area (Å²) in [6.45, 7) is 3.04. The Morgan fingerprint density at radius 1 is 1.14 bits per heavy atom. The van der Waals surface area contributed by atoms with Gasteiger partial charge < -0.3 is 18.6 Å². The van der Waals surface area contributed by atoms with E-state index in [9.17, 15) is 9.59 Å². The van der Waals surface area contributed by atoms with Crippen molar-refractivity contribution >= 4 is 28.5 Å². The van der Waals surface area contributed by atoms with Gasteiger partial charge in [-0.1, -0.05) is 11.6 Å². The molecule has 0 amide bonds. The van der Waals surface area contributed by atoms with E-state index >= 15 is 0 Å². The fourth-order valence-electron chi connectivity index (χ4n) is 2.64. The Labute approximate surface area is 166 Å². The molecule has 0 spiro atoms. The average Bonchev–Trinajstić information content (AvgIpc) is 2.67. The monoisotopic (exact) mass is 402 g/mol. The van der Waals surface area contributed by atoms with Crippen LogP contribution in [-0.4, -0.2) is 25.8 Å². The van der Waals surface area contributed by atoms with E-state index in [-0.39, 0.29) is 23.0 Å². The van der Waals surface area contributed by atoms with E-state index in [2.05, 4.69) is 0 Å². The number of fused-ring (bicyclic) bond motifs is 1. The molecule has 2 aromatic carbocycles. The molecule has 0 aliphatic heterocycles. The highest BCUT2D eigenvalue weighted by Gasteiger charge is 2.20. The fourth-order valence-corrected chi connectivity index (χ4v) is 2.81. The van der Waals surface area contributed by atoms with E-state index in [1.165, 1.54) is 6.07 Å². The van der Waals surface area contributed by atoms with Crippen LogP contribution in [0.15, 0.2) is 51.7 Å². The number of halogens is 1. The predicted molar refractivity (Wildman–Crippen MR) is 106 cm³/mol. The molecule has 0 fully saturated rings. The highest BCUT2D eigenvalue weighted by molar-refractivity contribution is 6.31. The first-order valence-corrected chi connectivity index (χ1v) is 9.00. The summed E-state index contributed by atoms with van der Waals surface area (Å²) >= 11 is 6.01. The predicted octanol–water partition coefficient (Wildman–Crippen LogP) is 4.45. The first kappa shape index (κ1) is 19.8. The van der Waals surface area contributed by atoms with Crippen LogP contribution in [0.25, 0.3) is 22.3 Å². The summed E-state index contributed by atoms with van der Waals surface area (Å²) < 4.78 is 21.7. The third kappa shape index (κ3) is 4.28. The van der Waals surface area contributed by atoms with E-state index in [1.807, 2.05) is 0 Å². The zero-order valence-corrected chi connectivity index (χ0v) is 16.4. The second kappa shape index (κ2) is 8.35. The zero-order chi connectivity index (χ0) is 20.3. The molecular formula is C21H19ClO6. The van der Waals surface area contributed by atoms with Gasteiger partial charge in [0.05, 0.1) is 18.6 Å². The maximum Gasteiger partial charge on any atom is 0.344 e. The van der Waals surface area contributed by atoms with Crippen molar-refractivity contribution in [3.8, 4) is 22.8 Å². The van der Waals surface area contributed by atoms with Crippen molar-refractivity contribution in [2.45, 2.75) is 20.0 Å². The standard InChI is InChI=1S/C21H19ClO6/c1-12(2)27-18(23)11-26-21-19(24)16-10-14(22)6-9-17(16)28-20(21)13-4-7-15(25-3)8-5-13/h4-10,12H,11H2,1-3H3. The summed E-state index contributed by atoms with van der Waals surface area (Å²) in [5.41, 5.74) is 0.534. The van der Waals surface area contributed by atoms with E-state index in [0.29, 0.717) is 21.9 Å². The first-order chi connectivity index (χ1) is 13.4. The lowest BCUT2D eigenvalue weighted by atomic mass is 10.1. The zero-order valence-electron chi connectivity index (χ0n) is 15.7.